The van der Waals surface area contributed by atoms with Crippen molar-refractivity contribution in [2.24, 2.45) is 0 Å². The van der Waals surface area contributed by atoms with Crippen molar-refractivity contribution < 1.29 is 4.39 Å². The first-order chi connectivity index (χ1) is 8.49. The Morgan fingerprint density at radius 1 is 1.44 bits per heavy atom. The van der Waals surface area contributed by atoms with Gasteiger partial charge >= 0.3 is 0 Å². The Hall–Kier alpha value is 0.100. The van der Waals surface area contributed by atoms with Crippen LogP contribution in [0.5, 0.6) is 0 Å². The lowest BCUT2D eigenvalue weighted by molar-refractivity contribution is 0.609. The molecule has 0 aliphatic heterocycles. The van der Waals surface area contributed by atoms with Crippen LogP contribution < -0.4 is 0 Å². The second-order valence-electron chi connectivity index (χ2n) is 3.98. The molecule has 1 aromatic carbocycles. The van der Waals surface area contributed by atoms with Crippen LogP contribution in [0.1, 0.15) is 20.8 Å². The third kappa shape index (κ3) is 3.16. The summed E-state index contributed by atoms with van der Waals surface area (Å²) in [5, 5.41) is 0.479. The highest BCUT2D eigenvalue weighted by molar-refractivity contribution is 9.11. The highest BCUT2D eigenvalue weighted by atomic mass is 79.9. The van der Waals surface area contributed by atoms with Gasteiger partial charge in [0.15, 0.2) is 0 Å². The molecule has 0 amide bonds. The summed E-state index contributed by atoms with van der Waals surface area (Å²) in [4.78, 5) is 1.24. The number of aryl methyl sites for hydroxylation is 1. The van der Waals surface area contributed by atoms with E-state index in [4.69, 9.17) is 11.6 Å². The van der Waals surface area contributed by atoms with Crippen LogP contribution in [0.4, 0.5) is 4.39 Å². The summed E-state index contributed by atoms with van der Waals surface area (Å²) in [6.45, 7) is 2.04. The summed E-state index contributed by atoms with van der Waals surface area (Å²) in [5.41, 5.74) is 1.75. The molecular formula is C13H10Br2ClFS. The van der Waals surface area contributed by atoms with Crippen LogP contribution in [0.15, 0.2) is 28.1 Å². The molecule has 0 spiro atoms. The van der Waals surface area contributed by atoms with Crippen molar-refractivity contribution >= 4 is 54.8 Å². The molecule has 2 rings (SSSR count). The van der Waals surface area contributed by atoms with Gasteiger partial charge in [0.2, 0.25) is 0 Å². The minimum atomic E-state index is -0.251. The molecule has 0 bridgehead atoms. The van der Waals surface area contributed by atoms with Crippen molar-refractivity contribution in [3.8, 4) is 0 Å². The molecule has 1 aromatic heterocycles. The van der Waals surface area contributed by atoms with E-state index in [0.717, 1.165) is 3.79 Å². The summed E-state index contributed by atoms with van der Waals surface area (Å²) in [6, 6.07) is 6.88. The van der Waals surface area contributed by atoms with Gasteiger partial charge in [0.1, 0.15) is 5.82 Å². The number of hydrogen-bond acceptors (Lipinski definition) is 1. The van der Waals surface area contributed by atoms with Gasteiger partial charge in [-0.1, -0.05) is 33.6 Å². The van der Waals surface area contributed by atoms with Crippen LogP contribution in [0.3, 0.4) is 0 Å². The average molecular weight is 413 g/mol. The Kier molecular flexibility index (Phi) is 4.86. The van der Waals surface area contributed by atoms with Crippen LogP contribution in [-0.2, 0) is 6.42 Å². The fourth-order valence-corrected chi connectivity index (χ4v) is 4.17. The van der Waals surface area contributed by atoms with Gasteiger partial charge in [0.25, 0.3) is 0 Å². The molecule has 0 fully saturated rings. The van der Waals surface area contributed by atoms with Crippen molar-refractivity contribution in [3.05, 3.63) is 54.9 Å². The fourth-order valence-electron chi connectivity index (χ4n) is 1.65. The predicted molar refractivity (Wildman–Crippen MR) is 83.5 cm³/mol. The molecule has 5 heteroatoms. The van der Waals surface area contributed by atoms with Gasteiger partial charge in [-0.05, 0) is 53.0 Å². The zero-order chi connectivity index (χ0) is 13.3. The maximum atomic E-state index is 13.7. The minimum Gasteiger partial charge on any atom is -0.207 e. The van der Waals surface area contributed by atoms with Crippen molar-refractivity contribution in [2.45, 2.75) is 18.2 Å². The van der Waals surface area contributed by atoms with Crippen molar-refractivity contribution in [1.29, 1.82) is 0 Å². The first-order valence-corrected chi connectivity index (χ1v) is 8.22. The van der Waals surface area contributed by atoms with E-state index in [-0.39, 0.29) is 10.6 Å². The summed E-state index contributed by atoms with van der Waals surface area (Å²) in [5.74, 6) is -0.251. The van der Waals surface area contributed by atoms with E-state index in [1.165, 1.54) is 16.5 Å². The second-order valence-corrected chi connectivity index (χ2v) is 7.89. The molecule has 0 N–H and O–H groups in total. The van der Waals surface area contributed by atoms with E-state index >= 15 is 0 Å². The molecule has 96 valence electrons. The normalized spacial score (nSPS) is 12.7. The summed E-state index contributed by atoms with van der Waals surface area (Å²) >= 11 is 14.8. The third-order valence-electron chi connectivity index (χ3n) is 2.63. The van der Waals surface area contributed by atoms with Crippen LogP contribution >= 0.6 is 54.8 Å². The zero-order valence-electron chi connectivity index (χ0n) is 9.51. The van der Waals surface area contributed by atoms with Crippen molar-refractivity contribution in [2.75, 3.05) is 0 Å². The van der Waals surface area contributed by atoms with Crippen LogP contribution in [0.25, 0.3) is 0 Å². The maximum absolute atomic E-state index is 13.7. The summed E-state index contributed by atoms with van der Waals surface area (Å²) in [7, 11) is 0. The van der Waals surface area contributed by atoms with E-state index in [0.29, 0.717) is 17.0 Å². The third-order valence-corrected chi connectivity index (χ3v) is 6.35. The number of alkyl halides is 1. The molecule has 2 aromatic rings. The molecule has 0 aliphatic carbocycles. The molecule has 1 heterocycles. The number of rotatable bonds is 3. The Labute approximate surface area is 131 Å². The quantitative estimate of drug-likeness (QED) is 0.520. The lowest BCUT2D eigenvalue weighted by atomic mass is 10.1. The lowest BCUT2D eigenvalue weighted by Gasteiger charge is -2.10. The van der Waals surface area contributed by atoms with Gasteiger partial charge in [-0.3, -0.25) is 0 Å². The molecule has 0 saturated heterocycles. The molecular weight excluding hydrogens is 402 g/mol. The Bertz CT molecular complexity index is 528. The van der Waals surface area contributed by atoms with E-state index < -0.39 is 0 Å². The molecule has 0 nitrogen and oxygen atoms in total. The van der Waals surface area contributed by atoms with Crippen LogP contribution in [-0.4, -0.2) is 0 Å². The first kappa shape index (κ1) is 14.5. The average Bonchev–Trinajstić information content (AvgIpc) is 2.64. The van der Waals surface area contributed by atoms with Gasteiger partial charge in [0.05, 0.1) is 8.61 Å². The van der Waals surface area contributed by atoms with E-state index in [1.54, 1.807) is 23.5 Å². The van der Waals surface area contributed by atoms with Gasteiger partial charge in [0, 0.05) is 15.5 Å². The SMILES string of the molecule is Cc1cc(C(Br)Cc2c(F)cccc2Cl)sc1Br. The zero-order valence-corrected chi connectivity index (χ0v) is 14.3. The smallest absolute Gasteiger partial charge is 0.127 e. The van der Waals surface area contributed by atoms with Gasteiger partial charge < -0.3 is 0 Å². The Morgan fingerprint density at radius 3 is 2.72 bits per heavy atom. The molecule has 1 atom stereocenters. The fraction of sp³-hybridized carbons (Fsp3) is 0.231. The predicted octanol–water partition coefficient (Wildman–Crippen LogP) is 6.29. The van der Waals surface area contributed by atoms with Gasteiger partial charge in [-0.25, -0.2) is 4.39 Å². The summed E-state index contributed by atoms with van der Waals surface area (Å²) < 4.78 is 14.8. The number of thiophene rings is 1. The Balaban J connectivity index is 2.23. The molecule has 18 heavy (non-hydrogen) atoms. The Morgan fingerprint density at radius 2 is 2.17 bits per heavy atom. The standard InChI is InChI=1S/C13H10Br2ClFS/c1-7-5-12(18-13(7)15)9(14)6-8-10(16)3-2-4-11(8)17/h2-5,9H,6H2,1H3. The van der Waals surface area contributed by atoms with Crippen molar-refractivity contribution in [3.63, 3.8) is 0 Å². The molecule has 0 radical (unpaired) electrons. The number of benzene rings is 1. The highest BCUT2D eigenvalue weighted by Gasteiger charge is 2.16. The topological polar surface area (TPSA) is 0 Å². The van der Waals surface area contributed by atoms with E-state index in [1.807, 2.05) is 6.92 Å². The molecule has 0 aliphatic rings. The number of hydrogen-bond donors (Lipinski definition) is 0. The van der Waals surface area contributed by atoms with Crippen molar-refractivity contribution in [1.82, 2.24) is 0 Å². The molecule has 0 saturated carbocycles. The van der Waals surface area contributed by atoms with Crippen LogP contribution in [0.2, 0.25) is 5.02 Å². The maximum Gasteiger partial charge on any atom is 0.127 e. The number of halogens is 4. The summed E-state index contributed by atoms with van der Waals surface area (Å²) in [6.07, 6.45) is 0.540. The largest absolute Gasteiger partial charge is 0.207 e. The monoisotopic (exact) mass is 410 g/mol. The molecule has 1 unspecified atom stereocenters. The lowest BCUT2D eigenvalue weighted by Crippen LogP contribution is -1.97. The second kappa shape index (κ2) is 6.04. The van der Waals surface area contributed by atoms with E-state index in [2.05, 4.69) is 37.9 Å². The van der Waals surface area contributed by atoms with Gasteiger partial charge in [-0.15, -0.1) is 11.3 Å². The highest BCUT2D eigenvalue weighted by Crippen LogP contribution is 2.38. The van der Waals surface area contributed by atoms with Gasteiger partial charge in [-0.2, -0.15) is 0 Å². The van der Waals surface area contributed by atoms with E-state index in [9.17, 15) is 4.39 Å². The first-order valence-electron chi connectivity index (χ1n) is 5.32. The minimum absolute atomic E-state index is 0.0712. The van der Waals surface area contributed by atoms with Crippen LogP contribution in [0, 0.1) is 12.7 Å².